The lowest BCUT2D eigenvalue weighted by Crippen LogP contribution is -2.05. The van der Waals surface area contributed by atoms with Crippen LogP contribution in [0.3, 0.4) is 0 Å². The molecule has 0 aliphatic heterocycles. The summed E-state index contributed by atoms with van der Waals surface area (Å²) < 4.78 is 61.4. The molecule has 0 spiro atoms. The average molecular weight is 307 g/mol. The molecule has 0 unspecified atom stereocenters. The van der Waals surface area contributed by atoms with Crippen LogP contribution >= 0.6 is 10.2 Å². The molecule has 0 aromatic heterocycles. The van der Waals surface area contributed by atoms with E-state index in [1.54, 1.807) is 13.8 Å². The maximum atomic E-state index is 12.3. The van der Waals surface area contributed by atoms with Crippen LogP contribution in [0.5, 0.6) is 0 Å². The van der Waals surface area contributed by atoms with E-state index in [0.29, 0.717) is 17.7 Å². The standard InChI is InChI=1S/C9H11F5S.C2H6.CH5N/c1-7(2)8-3-5-9(6-4-8)15(10,11,12,13)14;2*1-2/h3-7H,1-2H3;1-2H3;2H2,1H3. The van der Waals surface area contributed by atoms with Gasteiger partial charge in [0.15, 0.2) is 0 Å². The highest BCUT2D eigenvalue weighted by atomic mass is 32.5. The lowest BCUT2D eigenvalue weighted by atomic mass is 10.0. The van der Waals surface area contributed by atoms with Crippen LogP contribution in [0.25, 0.3) is 0 Å². The van der Waals surface area contributed by atoms with E-state index < -0.39 is 15.1 Å². The number of rotatable bonds is 2. The Kier molecular flexibility index (Phi) is 6.57. The summed E-state index contributed by atoms with van der Waals surface area (Å²) >= 11 is 0. The van der Waals surface area contributed by atoms with Gasteiger partial charge in [0.25, 0.3) is 0 Å². The molecular formula is C12H22F5NS. The van der Waals surface area contributed by atoms with Crippen molar-refractivity contribution in [1.29, 1.82) is 0 Å². The van der Waals surface area contributed by atoms with E-state index in [2.05, 4.69) is 5.73 Å². The summed E-state index contributed by atoms with van der Waals surface area (Å²) in [4.78, 5) is -1.83. The van der Waals surface area contributed by atoms with Crippen LogP contribution in [-0.2, 0) is 0 Å². The fraction of sp³-hybridized carbons (Fsp3) is 0.500. The molecule has 0 aliphatic rings. The Morgan fingerprint density at radius 1 is 0.842 bits per heavy atom. The first-order chi connectivity index (χ1) is 8.40. The van der Waals surface area contributed by atoms with Gasteiger partial charge in [0.1, 0.15) is 4.90 Å². The zero-order valence-corrected chi connectivity index (χ0v) is 12.6. The minimum atomic E-state index is -9.49. The molecule has 0 heterocycles. The van der Waals surface area contributed by atoms with E-state index in [0.717, 1.165) is 12.1 Å². The van der Waals surface area contributed by atoms with Crippen molar-refractivity contribution in [3.63, 3.8) is 0 Å². The molecule has 0 amide bonds. The van der Waals surface area contributed by atoms with Crippen molar-refractivity contribution in [3.05, 3.63) is 29.8 Å². The Morgan fingerprint density at radius 2 is 1.16 bits per heavy atom. The molecule has 0 atom stereocenters. The van der Waals surface area contributed by atoms with Crippen molar-refractivity contribution in [2.45, 2.75) is 38.5 Å². The highest BCUT2D eigenvalue weighted by molar-refractivity contribution is 8.45. The van der Waals surface area contributed by atoms with Gasteiger partial charge < -0.3 is 5.73 Å². The fourth-order valence-corrected chi connectivity index (χ4v) is 1.76. The second-order valence-corrected chi connectivity index (χ2v) is 6.10. The lowest BCUT2D eigenvalue weighted by Gasteiger charge is -2.40. The van der Waals surface area contributed by atoms with Crippen LogP contribution in [0, 0.1) is 0 Å². The largest absolute Gasteiger partial charge is 0.333 e. The quantitative estimate of drug-likeness (QED) is 0.659. The summed E-state index contributed by atoms with van der Waals surface area (Å²) in [7, 11) is -7.99. The third-order valence-corrected chi connectivity index (χ3v) is 3.16. The van der Waals surface area contributed by atoms with Crippen LogP contribution < -0.4 is 5.73 Å². The lowest BCUT2D eigenvalue weighted by molar-refractivity contribution is 0.364. The summed E-state index contributed by atoms with van der Waals surface area (Å²) in [6.45, 7) is 7.55. The van der Waals surface area contributed by atoms with Crippen molar-refractivity contribution in [3.8, 4) is 0 Å². The third-order valence-electron chi connectivity index (χ3n) is 1.99. The SMILES string of the molecule is CC.CC(C)c1ccc(S(F)(F)(F)(F)F)cc1.CN. The number of hydrogen-bond acceptors (Lipinski definition) is 1. The molecule has 1 rings (SSSR count). The Balaban J connectivity index is 0. The van der Waals surface area contributed by atoms with Gasteiger partial charge in [-0.1, -0.05) is 59.3 Å². The first-order valence-corrected chi connectivity index (χ1v) is 7.77. The van der Waals surface area contributed by atoms with E-state index in [4.69, 9.17) is 0 Å². The molecule has 0 saturated heterocycles. The van der Waals surface area contributed by atoms with Crippen LogP contribution in [0.4, 0.5) is 19.4 Å². The fourth-order valence-electron chi connectivity index (χ4n) is 1.11. The van der Waals surface area contributed by atoms with Crippen molar-refractivity contribution in [2.24, 2.45) is 5.73 Å². The van der Waals surface area contributed by atoms with Gasteiger partial charge in [0.05, 0.1) is 0 Å². The minimum Gasteiger partial charge on any atom is -0.333 e. The molecule has 0 bridgehead atoms. The molecule has 0 aliphatic carbocycles. The smallest absolute Gasteiger partial charge is 0.310 e. The first-order valence-electron chi connectivity index (χ1n) is 5.82. The number of halogens is 5. The maximum absolute atomic E-state index is 12.3. The molecular weight excluding hydrogens is 285 g/mol. The van der Waals surface area contributed by atoms with Gasteiger partial charge >= 0.3 is 10.2 Å². The normalized spacial score (nSPS) is 14.3. The molecule has 7 heteroatoms. The maximum Gasteiger partial charge on any atom is 0.310 e. The third kappa shape index (κ3) is 7.37. The van der Waals surface area contributed by atoms with Crippen LogP contribution in [0.15, 0.2) is 29.2 Å². The number of benzene rings is 1. The summed E-state index contributed by atoms with van der Waals surface area (Å²) in [6, 6.07) is 3.05. The van der Waals surface area contributed by atoms with E-state index >= 15 is 0 Å². The second kappa shape index (κ2) is 6.09. The molecule has 1 nitrogen and oxygen atoms in total. The van der Waals surface area contributed by atoms with Crippen molar-refractivity contribution in [2.75, 3.05) is 7.05 Å². The monoisotopic (exact) mass is 307 g/mol. The Labute approximate surface area is 111 Å². The van der Waals surface area contributed by atoms with Crippen LogP contribution in [0.1, 0.15) is 39.2 Å². The van der Waals surface area contributed by atoms with Crippen molar-refractivity contribution in [1.82, 2.24) is 0 Å². The number of nitrogens with two attached hydrogens (primary N) is 1. The van der Waals surface area contributed by atoms with Crippen molar-refractivity contribution < 1.29 is 19.4 Å². The van der Waals surface area contributed by atoms with Gasteiger partial charge in [-0.15, -0.1) is 0 Å². The van der Waals surface area contributed by atoms with Gasteiger partial charge in [-0.3, -0.25) is 0 Å². The summed E-state index contributed by atoms with van der Waals surface area (Å²) in [6.07, 6.45) is 0. The van der Waals surface area contributed by atoms with E-state index in [1.807, 2.05) is 13.8 Å². The van der Waals surface area contributed by atoms with Gasteiger partial charge in [-0.2, -0.15) is 0 Å². The molecule has 0 saturated carbocycles. The average Bonchev–Trinajstić information content (AvgIpc) is 2.31. The summed E-state index contributed by atoms with van der Waals surface area (Å²) in [5.41, 5.74) is 5.10. The van der Waals surface area contributed by atoms with Gasteiger partial charge in [0, 0.05) is 0 Å². The zero-order chi connectivity index (χ0) is 16.0. The minimum absolute atomic E-state index is 0.0116. The Hall–Kier alpha value is -0.820. The van der Waals surface area contributed by atoms with Crippen molar-refractivity contribution >= 4 is 10.2 Å². The van der Waals surface area contributed by atoms with Crippen LogP contribution in [-0.4, -0.2) is 7.05 Å². The predicted molar refractivity (Wildman–Crippen MR) is 73.4 cm³/mol. The first kappa shape index (κ1) is 20.5. The summed E-state index contributed by atoms with van der Waals surface area (Å²) in [5.74, 6) is 0.0116. The predicted octanol–water partition coefficient (Wildman–Crippen LogP) is 6.07. The molecule has 1 aromatic rings. The Morgan fingerprint density at radius 3 is 1.37 bits per heavy atom. The second-order valence-electron chi connectivity index (χ2n) is 3.69. The highest BCUT2D eigenvalue weighted by Gasteiger charge is 2.65. The Bertz CT molecular complexity index is 368. The van der Waals surface area contributed by atoms with E-state index in [9.17, 15) is 19.4 Å². The molecule has 0 fully saturated rings. The van der Waals surface area contributed by atoms with Gasteiger partial charge in [0.2, 0.25) is 0 Å². The van der Waals surface area contributed by atoms with Crippen LogP contribution in [0.2, 0.25) is 0 Å². The highest BCUT2D eigenvalue weighted by Crippen LogP contribution is 3.02. The van der Waals surface area contributed by atoms with E-state index in [1.165, 1.54) is 7.05 Å². The molecule has 0 radical (unpaired) electrons. The van der Waals surface area contributed by atoms with E-state index in [-0.39, 0.29) is 5.92 Å². The zero-order valence-electron chi connectivity index (χ0n) is 11.8. The molecule has 2 N–H and O–H groups in total. The summed E-state index contributed by atoms with van der Waals surface area (Å²) in [5, 5.41) is 0. The van der Waals surface area contributed by atoms with Gasteiger partial charge in [-0.25, -0.2) is 0 Å². The topological polar surface area (TPSA) is 26.0 Å². The van der Waals surface area contributed by atoms with Gasteiger partial charge in [-0.05, 0) is 30.7 Å². The molecule has 1 aromatic carbocycles. The number of hydrogen-bond donors (Lipinski definition) is 1. The molecule has 116 valence electrons. The molecule has 19 heavy (non-hydrogen) atoms.